The van der Waals surface area contributed by atoms with E-state index < -0.39 is 0 Å². The maximum absolute atomic E-state index is 13.7. The summed E-state index contributed by atoms with van der Waals surface area (Å²) in [5.41, 5.74) is 3.42. The lowest BCUT2D eigenvalue weighted by atomic mass is 10.1. The summed E-state index contributed by atoms with van der Waals surface area (Å²) >= 11 is 7.60. The summed E-state index contributed by atoms with van der Waals surface area (Å²) in [5, 5.41) is 7.25. The summed E-state index contributed by atoms with van der Waals surface area (Å²) in [7, 11) is 0. The van der Waals surface area contributed by atoms with Crippen molar-refractivity contribution in [3.8, 4) is 11.1 Å². The molecule has 2 heterocycles. The van der Waals surface area contributed by atoms with Crippen LogP contribution in [-0.4, -0.2) is 10.9 Å². The second-order valence-corrected chi connectivity index (χ2v) is 6.76. The van der Waals surface area contributed by atoms with E-state index in [0.717, 1.165) is 16.7 Å². The Morgan fingerprint density at radius 3 is 2.88 bits per heavy atom. The van der Waals surface area contributed by atoms with Crippen molar-refractivity contribution in [3.05, 3.63) is 75.5 Å². The Morgan fingerprint density at radius 2 is 2.12 bits per heavy atom. The normalized spacial score (nSPS) is 10.6. The first-order valence-electron chi connectivity index (χ1n) is 7.79. The molecule has 0 saturated heterocycles. The van der Waals surface area contributed by atoms with Crippen molar-refractivity contribution in [2.24, 2.45) is 0 Å². The number of thiophene rings is 1. The van der Waals surface area contributed by atoms with Crippen LogP contribution >= 0.6 is 22.9 Å². The van der Waals surface area contributed by atoms with Crippen LogP contribution in [-0.2, 0) is 17.8 Å². The van der Waals surface area contributed by atoms with Crippen molar-refractivity contribution < 1.29 is 9.18 Å². The summed E-state index contributed by atoms with van der Waals surface area (Å²) in [4.78, 5) is 16.3. The van der Waals surface area contributed by atoms with Gasteiger partial charge in [-0.2, -0.15) is 11.3 Å². The number of hydrogen-bond donors (Lipinski definition) is 1. The third-order valence-electron chi connectivity index (χ3n) is 3.80. The molecule has 1 N–H and O–H groups in total. The number of aromatic nitrogens is 1. The van der Waals surface area contributed by atoms with Gasteiger partial charge in [-0.25, -0.2) is 4.39 Å². The minimum atomic E-state index is -0.382. The van der Waals surface area contributed by atoms with Gasteiger partial charge in [0.1, 0.15) is 5.82 Å². The van der Waals surface area contributed by atoms with E-state index in [4.69, 9.17) is 11.6 Å². The molecule has 6 heteroatoms. The number of pyridine rings is 1. The largest absolute Gasteiger partial charge is 0.352 e. The van der Waals surface area contributed by atoms with E-state index in [0.29, 0.717) is 17.1 Å². The molecule has 0 bridgehead atoms. The van der Waals surface area contributed by atoms with Crippen LogP contribution in [0.2, 0.25) is 5.02 Å². The number of hydrogen-bond acceptors (Lipinski definition) is 3. The van der Waals surface area contributed by atoms with Gasteiger partial charge in [0.05, 0.1) is 0 Å². The SMILES string of the molecule is O=C(CCc1c(F)cccc1Cl)NCc1cncc(-c2ccsc2)c1. The average molecular weight is 375 g/mol. The molecule has 25 heavy (non-hydrogen) atoms. The second-order valence-electron chi connectivity index (χ2n) is 5.57. The quantitative estimate of drug-likeness (QED) is 0.670. The molecule has 0 aliphatic heterocycles. The number of nitrogens with one attached hydrogen (secondary N) is 1. The van der Waals surface area contributed by atoms with Gasteiger partial charge in [0.2, 0.25) is 5.91 Å². The Morgan fingerprint density at radius 1 is 1.24 bits per heavy atom. The molecule has 128 valence electrons. The van der Waals surface area contributed by atoms with E-state index in [1.807, 2.05) is 17.5 Å². The monoisotopic (exact) mass is 374 g/mol. The molecular weight excluding hydrogens is 359 g/mol. The molecular formula is C19H16ClFN2OS. The lowest BCUT2D eigenvalue weighted by molar-refractivity contribution is -0.121. The third-order valence-corrected chi connectivity index (χ3v) is 4.84. The van der Waals surface area contributed by atoms with Gasteiger partial charge in [0, 0.05) is 41.5 Å². The molecule has 1 aromatic carbocycles. The summed E-state index contributed by atoms with van der Waals surface area (Å²) < 4.78 is 13.7. The van der Waals surface area contributed by atoms with E-state index in [1.54, 1.807) is 35.9 Å². The minimum absolute atomic E-state index is 0.153. The molecule has 0 aliphatic rings. The van der Waals surface area contributed by atoms with Crippen LogP contribution in [0.1, 0.15) is 17.5 Å². The zero-order valence-electron chi connectivity index (χ0n) is 13.3. The highest BCUT2D eigenvalue weighted by atomic mass is 35.5. The molecule has 0 fully saturated rings. The zero-order chi connectivity index (χ0) is 17.6. The Labute approximate surface area is 154 Å². The molecule has 3 nitrogen and oxygen atoms in total. The van der Waals surface area contributed by atoms with Crippen molar-refractivity contribution in [3.63, 3.8) is 0 Å². The van der Waals surface area contributed by atoms with Crippen LogP contribution in [0.5, 0.6) is 0 Å². The summed E-state index contributed by atoms with van der Waals surface area (Å²) in [6.45, 7) is 0.384. The highest BCUT2D eigenvalue weighted by molar-refractivity contribution is 7.08. The number of carbonyl (C=O) groups excluding carboxylic acids is 1. The van der Waals surface area contributed by atoms with Crippen molar-refractivity contribution in [2.45, 2.75) is 19.4 Å². The molecule has 2 aromatic heterocycles. The summed E-state index contributed by atoms with van der Waals surface area (Å²) in [6.07, 6.45) is 3.97. The molecule has 0 radical (unpaired) electrons. The Kier molecular flexibility index (Phi) is 5.79. The maximum atomic E-state index is 13.7. The van der Waals surface area contributed by atoms with Crippen LogP contribution in [0.25, 0.3) is 11.1 Å². The zero-order valence-corrected chi connectivity index (χ0v) is 14.9. The number of benzene rings is 1. The fraction of sp³-hybridized carbons (Fsp3) is 0.158. The highest BCUT2D eigenvalue weighted by Crippen LogP contribution is 2.22. The molecule has 0 saturated carbocycles. The van der Waals surface area contributed by atoms with E-state index in [-0.39, 0.29) is 24.6 Å². The molecule has 0 spiro atoms. The predicted octanol–water partition coefficient (Wildman–Crippen LogP) is 4.85. The second kappa shape index (κ2) is 8.23. The van der Waals surface area contributed by atoms with Gasteiger partial charge in [-0.05, 0) is 52.6 Å². The van der Waals surface area contributed by atoms with Crippen LogP contribution < -0.4 is 5.32 Å². The van der Waals surface area contributed by atoms with Crippen molar-refractivity contribution >= 4 is 28.8 Å². The Hall–Kier alpha value is -2.24. The standard InChI is InChI=1S/C19H16ClFN2OS/c20-17-2-1-3-18(21)16(17)4-5-19(24)23-10-13-8-15(11-22-9-13)14-6-7-25-12-14/h1-3,6-9,11-12H,4-5,10H2,(H,23,24). The minimum Gasteiger partial charge on any atom is -0.352 e. The topological polar surface area (TPSA) is 42.0 Å². The van der Waals surface area contributed by atoms with E-state index in [1.165, 1.54) is 6.07 Å². The first kappa shape index (κ1) is 17.6. The number of rotatable bonds is 6. The number of halogens is 2. The molecule has 0 unspecified atom stereocenters. The van der Waals surface area contributed by atoms with E-state index in [2.05, 4.69) is 15.7 Å². The smallest absolute Gasteiger partial charge is 0.220 e. The number of nitrogens with zero attached hydrogens (tertiary/aromatic N) is 1. The third kappa shape index (κ3) is 4.65. The fourth-order valence-electron chi connectivity index (χ4n) is 2.47. The number of amides is 1. The van der Waals surface area contributed by atoms with Crippen LogP contribution in [0.4, 0.5) is 4.39 Å². The van der Waals surface area contributed by atoms with Crippen molar-refractivity contribution in [1.29, 1.82) is 0 Å². The maximum Gasteiger partial charge on any atom is 0.220 e. The molecule has 3 rings (SSSR count). The van der Waals surface area contributed by atoms with Crippen LogP contribution in [0, 0.1) is 5.82 Å². The Bertz CT molecular complexity index is 847. The van der Waals surface area contributed by atoms with Gasteiger partial charge in [-0.3, -0.25) is 9.78 Å². The van der Waals surface area contributed by atoms with Gasteiger partial charge >= 0.3 is 0 Å². The lowest BCUT2D eigenvalue weighted by Crippen LogP contribution is -2.23. The molecule has 1 amide bonds. The molecule has 0 aliphatic carbocycles. The average Bonchev–Trinajstić information content (AvgIpc) is 3.14. The fourth-order valence-corrected chi connectivity index (χ4v) is 3.39. The van der Waals surface area contributed by atoms with Crippen LogP contribution in [0.15, 0.2) is 53.5 Å². The first-order chi connectivity index (χ1) is 12.1. The first-order valence-corrected chi connectivity index (χ1v) is 9.11. The summed E-state index contributed by atoms with van der Waals surface area (Å²) in [6, 6.07) is 8.56. The van der Waals surface area contributed by atoms with Gasteiger partial charge in [-0.1, -0.05) is 17.7 Å². The van der Waals surface area contributed by atoms with Gasteiger partial charge in [-0.15, -0.1) is 0 Å². The van der Waals surface area contributed by atoms with E-state index in [9.17, 15) is 9.18 Å². The highest BCUT2D eigenvalue weighted by Gasteiger charge is 2.10. The van der Waals surface area contributed by atoms with E-state index >= 15 is 0 Å². The molecule has 0 atom stereocenters. The lowest BCUT2D eigenvalue weighted by Gasteiger charge is -2.08. The Balaban J connectivity index is 1.55. The number of carbonyl (C=O) groups is 1. The van der Waals surface area contributed by atoms with Gasteiger partial charge < -0.3 is 5.32 Å². The predicted molar refractivity (Wildman–Crippen MR) is 99.1 cm³/mol. The van der Waals surface area contributed by atoms with Gasteiger partial charge in [0.15, 0.2) is 0 Å². The van der Waals surface area contributed by atoms with Crippen molar-refractivity contribution in [2.75, 3.05) is 0 Å². The van der Waals surface area contributed by atoms with Crippen LogP contribution in [0.3, 0.4) is 0 Å². The van der Waals surface area contributed by atoms with Gasteiger partial charge in [0.25, 0.3) is 0 Å². The molecule has 3 aromatic rings. The van der Waals surface area contributed by atoms with Crippen molar-refractivity contribution in [1.82, 2.24) is 10.3 Å². The summed E-state index contributed by atoms with van der Waals surface area (Å²) in [5.74, 6) is -0.534.